The molecule has 0 unspecified atom stereocenters. The molecule has 0 aliphatic carbocycles. The maximum atomic E-state index is 3.70. The maximum absolute atomic E-state index is 3.70. The lowest BCUT2D eigenvalue weighted by atomic mass is 10.1. The predicted octanol–water partition coefficient (Wildman–Crippen LogP) is 7.14. The number of fused-ring (bicyclic) bond motifs is 1. The molecule has 5 rings (SSSR count). The number of rotatable bonds is 4. The molecule has 4 heteroatoms. The van der Waals surface area contributed by atoms with Gasteiger partial charge in [0.15, 0.2) is 0 Å². The van der Waals surface area contributed by atoms with Gasteiger partial charge in [0.25, 0.3) is 0 Å². The van der Waals surface area contributed by atoms with Gasteiger partial charge >= 0.3 is 0 Å². The Morgan fingerprint density at radius 1 is 0.733 bits per heavy atom. The molecule has 0 saturated carbocycles. The van der Waals surface area contributed by atoms with Crippen LogP contribution in [0, 0.1) is 0 Å². The van der Waals surface area contributed by atoms with E-state index >= 15 is 0 Å². The molecule has 0 radical (unpaired) electrons. The fourth-order valence-corrected chi connectivity index (χ4v) is 4.44. The SMILES string of the molecule is Brc1ccccc1N1CC=CN(c2cccc3ccc(Nc4ccccc4)cc23)C1. The fraction of sp³-hybridized carbons (Fsp3) is 0.0769. The van der Waals surface area contributed by atoms with E-state index in [2.05, 4.69) is 116 Å². The van der Waals surface area contributed by atoms with Gasteiger partial charge in [0.1, 0.15) is 0 Å². The zero-order valence-corrected chi connectivity index (χ0v) is 18.1. The van der Waals surface area contributed by atoms with Crippen LogP contribution in [0.2, 0.25) is 0 Å². The number of hydrogen-bond donors (Lipinski definition) is 1. The van der Waals surface area contributed by atoms with Crippen LogP contribution in [0.1, 0.15) is 0 Å². The third-order valence-electron chi connectivity index (χ3n) is 5.36. The summed E-state index contributed by atoms with van der Waals surface area (Å²) in [5.74, 6) is 0. The molecule has 0 saturated heterocycles. The minimum absolute atomic E-state index is 0.800. The summed E-state index contributed by atoms with van der Waals surface area (Å²) in [6.07, 6.45) is 4.41. The average Bonchev–Trinajstić information content (AvgIpc) is 2.80. The van der Waals surface area contributed by atoms with Crippen molar-refractivity contribution in [3.05, 3.63) is 108 Å². The van der Waals surface area contributed by atoms with Gasteiger partial charge in [-0.2, -0.15) is 0 Å². The summed E-state index contributed by atoms with van der Waals surface area (Å²) in [6.45, 7) is 1.69. The van der Waals surface area contributed by atoms with Gasteiger partial charge in [0, 0.05) is 34.0 Å². The van der Waals surface area contributed by atoms with Crippen molar-refractivity contribution in [3.8, 4) is 0 Å². The second-order valence-corrected chi connectivity index (χ2v) is 8.23. The Kier molecular flexibility index (Phi) is 5.16. The van der Waals surface area contributed by atoms with Crippen LogP contribution in [0.25, 0.3) is 10.8 Å². The minimum Gasteiger partial charge on any atom is -0.356 e. The lowest BCUT2D eigenvalue weighted by Gasteiger charge is -2.35. The number of anilines is 4. The number of nitrogens with zero attached hydrogens (tertiary/aromatic N) is 2. The molecular weight excluding hydrogens is 434 g/mol. The minimum atomic E-state index is 0.800. The molecule has 0 atom stereocenters. The second kappa shape index (κ2) is 8.25. The van der Waals surface area contributed by atoms with Crippen molar-refractivity contribution >= 4 is 49.5 Å². The molecule has 0 spiro atoms. The molecule has 1 aliphatic heterocycles. The summed E-state index contributed by atoms with van der Waals surface area (Å²) >= 11 is 3.70. The smallest absolute Gasteiger partial charge is 0.0949 e. The molecule has 0 fully saturated rings. The van der Waals surface area contributed by atoms with E-state index in [1.807, 2.05) is 18.2 Å². The van der Waals surface area contributed by atoms with Gasteiger partial charge in [0.05, 0.1) is 18.0 Å². The summed E-state index contributed by atoms with van der Waals surface area (Å²) in [4.78, 5) is 4.69. The molecular formula is C26H22BrN3. The second-order valence-electron chi connectivity index (χ2n) is 7.37. The first kappa shape index (κ1) is 18.8. The first-order valence-electron chi connectivity index (χ1n) is 10.1. The van der Waals surface area contributed by atoms with E-state index < -0.39 is 0 Å². The van der Waals surface area contributed by atoms with Gasteiger partial charge in [-0.1, -0.05) is 48.5 Å². The molecule has 30 heavy (non-hydrogen) atoms. The van der Waals surface area contributed by atoms with Crippen LogP contribution in [0.4, 0.5) is 22.7 Å². The van der Waals surface area contributed by atoms with Crippen molar-refractivity contribution in [2.45, 2.75) is 0 Å². The van der Waals surface area contributed by atoms with Gasteiger partial charge < -0.3 is 15.1 Å². The predicted molar refractivity (Wildman–Crippen MR) is 132 cm³/mol. The van der Waals surface area contributed by atoms with Crippen LogP contribution in [0.3, 0.4) is 0 Å². The van der Waals surface area contributed by atoms with Gasteiger partial charge in [-0.3, -0.25) is 0 Å². The highest BCUT2D eigenvalue weighted by Crippen LogP contribution is 2.33. The van der Waals surface area contributed by atoms with Crippen LogP contribution in [-0.4, -0.2) is 13.2 Å². The van der Waals surface area contributed by atoms with Crippen LogP contribution in [-0.2, 0) is 0 Å². The van der Waals surface area contributed by atoms with E-state index in [0.717, 1.165) is 29.1 Å². The number of halogens is 1. The van der Waals surface area contributed by atoms with Gasteiger partial charge in [-0.05, 0) is 69.9 Å². The van der Waals surface area contributed by atoms with Crippen molar-refractivity contribution in [2.24, 2.45) is 0 Å². The van der Waals surface area contributed by atoms with E-state index in [-0.39, 0.29) is 0 Å². The number of nitrogens with one attached hydrogen (secondary N) is 1. The van der Waals surface area contributed by atoms with Gasteiger partial charge in [-0.15, -0.1) is 0 Å². The summed E-state index contributed by atoms with van der Waals surface area (Å²) in [5.41, 5.74) is 4.59. The standard InChI is InChI=1S/C26H22BrN3/c27-24-11-4-5-12-26(24)30-17-7-16-29(19-30)25-13-6-8-20-14-15-22(18-23(20)25)28-21-9-2-1-3-10-21/h1-16,18,28H,17,19H2. The van der Waals surface area contributed by atoms with Crippen LogP contribution in [0.5, 0.6) is 0 Å². The van der Waals surface area contributed by atoms with Crippen molar-refractivity contribution in [1.82, 2.24) is 0 Å². The zero-order chi connectivity index (χ0) is 20.3. The van der Waals surface area contributed by atoms with Crippen LogP contribution < -0.4 is 15.1 Å². The Balaban J connectivity index is 1.49. The molecule has 3 nitrogen and oxygen atoms in total. The van der Waals surface area contributed by atoms with E-state index in [1.165, 1.54) is 22.1 Å². The Bertz CT molecular complexity index is 1200. The quantitative estimate of drug-likeness (QED) is 0.352. The Morgan fingerprint density at radius 2 is 1.53 bits per heavy atom. The topological polar surface area (TPSA) is 18.5 Å². The lowest BCUT2D eigenvalue weighted by Crippen LogP contribution is -2.39. The van der Waals surface area contributed by atoms with Crippen molar-refractivity contribution in [2.75, 3.05) is 28.3 Å². The largest absolute Gasteiger partial charge is 0.356 e. The lowest BCUT2D eigenvalue weighted by molar-refractivity contribution is 0.810. The van der Waals surface area contributed by atoms with Crippen molar-refractivity contribution < 1.29 is 0 Å². The van der Waals surface area contributed by atoms with E-state index in [1.54, 1.807) is 0 Å². The first-order chi connectivity index (χ1) is 14.8. The van der Waals surface area contributed by atoms with Crippen LogP contribution >= 0.6 is 15.9 Å². The summed E-state index contributed by atoms with van der Waals surface area (Å²) in [7, 11) is 0. The van der Waals surface area contributed by atoms with Crippen molar-refractivity contribution in [3.63, 3.8) is 0 Å². The third-order valence-corrected chi connectivity index (χ3v) is 6.03. The number of benzene rings is 4. The molecule has 4 aromatic rings. The Hall–Kier alpha value is -3.24. The maximum Gasteiger partial charge on any atom is 0.0949 e. The van der Waals surface area contributed by atoms with E-state index in [9.17, 15) is 0 Å². The molecule has 1 N–H and O–H groups in total. The Morgan fingerprint density at radius 3 is 2.40 bits per heavy atom. The summed E-state index contributed by atoms with van der Waals surface area (Å²) in [5, 5.41) is 5.98. The molecule has 1 heterocycles. The molecule has 0 aromatic heterocycles. The number of para-hydroxylation sites is 2. The van der Waals surface area contributed by atoms with Gasteiger partial charge in [-0.25, -0.2) is 0 Å². The first-order valence-corrected chi connectivity index (χ1v) is 10.8. The Labute approximate surface area is 185 Å². The fourth-order valence-electron chi connectivity index (χ4n) is 3.90. The van der Waals surface area contributed by atoms with E-state index in [4.69, 9.17) is 0 Å². The van der Waals surface area contributed by atoms with Gasteiger partial charge in [0.2, 0.25) is 0 Å². The zero-order valence-electron chi connectivity index (χ0n) is 16.5. The summed E-state index contributed by atoms with van der Waals surface area (Å²) in [6, 6.07) is 31.7. The normalized spacial score (nSPS) is 13.6. The molecule has 0 bridgehead atoms. The molecule has 1 aliphatic rings. The van der Waals surface area contributed by atoms with Crippen LogP contribution in [0.15, 0.2) is 108 Å². The number of hydrogen-bond acceptors (Lipinski definition) is 3. The van der Waals surface area contributed by atoms with E-state index in [0.29, 0.717) is 0 Å². The average molecular weight is 456 g/mol. The molecule has 4 aromatic carbocycles. The highest BCUT2D eigenvalue weighted by molar-refractivity contribution is 9.10. The van der Waals surface area contributed by atoms with Crippen molar-refractivity contribution in [1.29, 1.82) is 0 Å². The highest BCUT2D eigenvalue weighted by atomic mass is 79.9. The summed E-state index contributed by atoms with van der Waals surface area (Å²) < 4.78 is 1.12. The highest BCUT2D eigenvalue weighted by Gasteiger charge is 2.17. The monoisotopic (exact) mass is 455 g/mol. The third kappa shape index (κ3) is 3.79. The molecule has 0 amide bonds. The molecule has 148 valence electrons.